The van der Waals surface area contributed by atoms with Crippen LogP contribution in [0.4, 0.5) is 0 Å². The van der Waals surface area contributed by atoms with Gasteiger partial charge in [0.25, 0.3) is 0 Å². The van der Waals surface area contributed by atoms with Gasteiger partial charge in [0.1, 0.15) is 0 Å². The first-order valence-corrected chi connectivity index (χ1v) is 6.58. The minimum Gasteiger partial charge on any atom is -0.393 e. The van der Waals surface area contributed by atoms with Gasteiger partial charge in [-0.1, -0.05) is 32.1 Å². The lowest BCUT2D eigenvalue weighted by atomic mass is 9.56. The first kappa shape index (κ1) is 12.8. The Balaban J connectivity index is 2.35. The second-order valence-corrected chi connectivity index (χ2v) is 6.17. The molecule has 1 saturated carbocycles. The highest BCUT2D eigenvalue weighted by molar-refractivity contribution is 5.28. The summed E-state index contributed by atoms with van der Waals surface area (Å²) in [6.45, 7) is 10.4. The van der Waals surface area contributed by atoms with Gasteiger partial charge in [0.05, 0.1) is 12.2 Å². The van der Waals surface area contributed by atoms with E-state index in [9.17, 15) is 10.2 Å². The molecule has 0 aromatic carbocycles. The predicted octanol–water partition coefficient (Wildman–Crippen LogP) is 2.67. The number of fused-ring (bicyclic) bond motifs is 1. The molecular weight excluding hydrogens is 212 g/mol. The second-order valence-electron chi connectivity index (χ2n) is 6.17. The van der Waals surface area contributed by atoms with E-state index in [2.05, 4.69) is 33.4 Å². The molecule has 0 aromatic heterocycles. The van der Waals surface area contributed by atoms with E-state index >= 15 is 0 Å². The average Bonchev–Trinajstić information content (AvgIpc) is 2.25. The Morgan fingerprint density at radius 3 is 2.71 bits per heavy atom. The third-order valence-corrected chi connectivity index (χ3v) is 5.06. The second kappa shape index (κ2) is 4.25. The van der Waals surface area contributed by atoms with Crippen molar-refractivity contribution in [1.82, 2.24) is 0 Å². The molecule has 2 aliphatic rings. The molecule has 1 fully saturated rings. The first-order valence-electron chi connectivity index (χ1n) is 6.58. The molecule has 0 amide bonds. The average molecular weight is 236 g/mol. The van der Waals surface area contributed by atoms with Crippen molar-refractivity contribution in [3.05, 3.63) is 23.8 Å². The van der Waals surface area contributed by atoms with Crippen LogP contribution in [0.5, 0.6) is 0 Å². The summed E-state index contributed by atoms with van der Waals surface area (Å²) in [5.74, 6) is 0.697. The lowest BCUT2D eigenvalue weighted by molar-refractivity contribution is -0.0349. The van der Waals surface area contributed by atoms with Crippen molar-refractivity contribution in [1.29, 1.82) is 0 Å². The van der Waals surface area contributed by atoms with E-state index in [1.165, 1.54) is 5.57 Å². The van der Waals surface area contributed by atoms with Gasteiger partial charge in [0.2, 0.25) is 0 Å². The fourth-order valence-corrected chi connectivity index (χ4v) is 3.54. The van der Waals surface area contributed by atoms with E-state index in [0.29, 0.717) is 12.3 Å². The summed E-state index contributed by atoms with van der Waals surface area (Å²) in [7, 11) is 0. The van der Waals surface area contributed by atoms with Gasteiger partial charge in [-0.05, 0) is 42.6 Å². The Morgan fingerprint density at radius 2 is 2.12 bits per heavy atom. The summed E-state index contributed by atoms with van der Waals surface area (Å²) in [6, 6.07) is 0. The molecule has 2 N–H and O–H groups in total. The highest BCUT2D eigenvalue weighted by Gasteiger charge is 2.48. The molecular formula is C15H24O2. The number of rotatable bonds is 1. The number of aliphatic hydroxyl groups excluding tert-OH is 2. The highest BCUT2D eigenvalue weighted by Crippen LogP contribution is 2.52. The minimum atomic E-state index is -0.461. The molecule has 0 radical (unpaired) electrons. The van der Waals surface area contributed by atoms with Crippen molar-refractivity contribution >= 4 is 0 Å². The van der Waals surface area contributed by atoms with Gasteiger partial charge >= 0.3 is 0 Å². The largest absolute Gasteiger partial charge is 0.393 e. The lowest BCUT2D eigenvalue weighted by Gasteiger charge is -2.50. The van der Waals surface area contributed by atoms with Gasteiger partial charge in [-0.15, -0.1) is 0 Å². The van der Waals surface area contributed by atoms with E-state index in [1.807, 2.05) is 0 Å². The molecule has 17 heavy (non-hydrogen) atoms. The molecule has 0 heterocycles. The normalized spacial score (nSPS) is 46.1. The van der Waals surface area contributed by atoms with Gasteiger partial charge in [-0.2, -0.15) is 0 Å². The molecule has 0 aliphatic heterocycles. The van der Waals surface area contributed by atoms with E-state index in [4.69, 9.17) is 0 Å². The van der Waals surface area contributed by atoms with Gasteiger partial charge in [0, 0.05) is 6.42 Å². The minimum absolute atomic E-state index is 0.0705. The summed E-state index contributed by atoms with van der Waals surface area (Å²) in [5.41, 5.74) is 2.29. The third kappa shape index (κ3) is 1.98. The van der Waals surface area contributed by atoms with E-state index in [1.54, 1.807) is 0 Å². The summed E-state index contributed by atoms with van der Waals surface area (Å²) >= 11 is 0. The van der Waals surface area contributed by atoms with Crippen LogP contribution in [0, 0.1) is 17.3 Å². The summed E-state index contributed by atoms with van der Waals surface area (Å²) in [6.07, 6.45) is 3.81. The van der Waals surface area contributed by atoms with Gasteiger partial charge in [-0.25, -0.2) is 0 Å². The molecule has 0 aromatic rings. The quantitative estimate of drug-likeness (QED) is 0.687. The molecule has 0 saturated heterocycles. The molecule has 2 nitrogen and oxygen atoms in total. The van der Waals surface area contributed by atoms with E-state index in [-0.39, 0.29) is 11.3 Å². The Morgan fingerprint density at radius 1 is 1.47 bits per heavy atom. The van der Waals surface area contributed by atoms with Crippen LogP contribution < -0.4 is 0 Å². The van der Waals surface area contributed by atoms with Crippen LogP contribution >= 0.6 is 0 Å². The van der Waals surface area contributed by atoms with Crippen LogP contribution in [0.25, 0.3) is 0 Å². The maximum atomic E-state index is 10.1. The first-order chi connectivity index (χ1) is 7.86. The topological polar surface area (TPSA) is 40.5 Å². The standard InChI is InChI=1S/C15H24O2/c1-9(2)11-5-6-12-14(17)7-13(16)10(3)15(12,4)8-11/h6,10-11,13-14,16-17H,1,5,7-8H2,2-4H3. The van der Waals surface area contributed by atoms with Crippen molar-refractivity contribution < 1.29 is 10.2 Å². The number of aliphatic hydroxyl groups is 2. The molecule has 0 spiro atoms. The fraction of sp³-hybridized carbons (Fsp3) is 0.733. The third-order valence-electron chi connectivity index (χ3n) is 5.06. The summed E-state index contributed by atoms with van der Waals surface area (Å²) in [4.78, 5) is 0. The Bertz CT molecular complexity index is 358. The van der Waals surface area contributed by atoms with Crippen molar-refractivity contribution in [2.45, 2.75) is 52.2 Å². The zero-order valence-electron chi connectivity index (χ0n) is 11.1. The number of hydrogen-bond acceptors (Lipinski definition) is 2. The number of allylic oxidation sites excluding steroid dienone is 2. The fourth-order valence-electron chi connectivity index (χ4n) is 3.54. The molecule has 5 atom stereocenters. The molecule has 5 unspecified atom stereocenters. The Labute approximate surface area is 104 Å². The SMILES string of the molecule is C=C(C)C1CC=C2C(O)CC(O)C(C)C2(C)C1. The highest BCUT2D eigenvalue weighted by atomic mass is 16.3. The van der Waals surface area contributed by atoms with E-state index in [0.717, 1.165) is 18.4 Å². The van der Waals surface area contributed by atoms with Crippen LogP contribution in [0.2, 0.25) is 0 Å². The van der Waals surface area contributed by atoms with Crippen LogP contribution in [0.3, 0.4) is 0 Å². The predicted molar refractivity (Wildman–Crippen MR) is 69.5 cm³/mol. The van der Waals surface area contributed by atoms with Crippen LogP contribution in [0.15, 0.2) is 23.8 Å². The van der Waals surface area contributed by atoms with Gasteiger partial charge in [-0.3, -0.25) is 0 Å². The molecule has 2 aliphatic carbocycles. The maximum absolute atomic E-state index is 10.1. The molecule has 2 rings (SSSR count). The lowest BCUT2D eigenvalue weighted by Crippen LogP contribution is -2.48. The monoisotopic (exact) mass is 236 g/mol. The van der Waals surface area contributed by atoms with Crippen molar-refractivity contribution in [3.8, 4) is 0 Å². The van der Waals surface area contributed by atoms with Crippen LogP contribution in [-0.2, 0) is 0 Å². The Kier molecular flexibility index (Phi) is 3.21. The Hall–Kier alpha value is -0.600. The van der Waals surface area contributed by atoms with Crippen molar-refractivity contribution in [2.24, 2.45) is 17.3 Å². The zero-order chi connectivity index (χ0) is 12.8. The zero-order valence-corrected chi connectivity index (χ0v) is 11.1. The van der Waals surface area contributed by atoms with Gasteiger partial charge in [0.15, 0.2) is 0 Å². The maximum Gasteiger partial charge on any atom is 0.0780 e. The molecule has 2 heteroatoms. The van der Waals surface area contributed by atoms with E-state index < -0.39 is 12.2 Å². The van der Waals surface area contributed by atoms with Crippen LogP contribution in [0.1, 0.15) is 40.0 Å². The number of hydrogen-bond donors (Lipinski definition) is 2. The summed E-state index contributed by atoms with van der Waals surface area (Å²) < 4.78 is 0. The summed E-state index contributed by atoms with van der Waals surface area (Å²) in [5, 5.41) is 20.2. The molecule has 96 valence electrons. The van der Waals surface area contributed by atoms with Gasteiger partial charge < -0.3 is 10.2 Å². The van der Waals surface area contributed by atoms with Crippen molar-refractivity contribution in [3.63, 3.8) is 0 Å². The molecule has 0 bridgehead atoms. The van der Waals surface area contributed by atoms with Crippen molar-refractivity contribution in [2.75, 3.05) is 0 Å². The van der Waals surface area contributed by atoms with Crippen LogP contribution in [-0.4, -0.2) is 22.4 Å². The smallest absolute Gasteiger partial charge is 0.0780 e.